The largest absolute Gasteiger partial charge is 0.335 e. The fraction of sp³-hybridized carbons (Fsp3) is 0.647. The monoisotopic (exact) mass is 383 g/mol. The molecule has 0 bridgehead atoms. The van der Waals surface area contributed by atoms with E-state index >= 15 is 0 Å². The molecule has 1 aliphatic heterocycles. The van der Waals surface area contributed by atoms with Crippen LogP contribution in [0.5, 0.6) is 0 Å². The minimum atomic E-state index is 0.0675. The van der Waals surface area contributed by atoms with E-state index in [2.05, 4.69) is 15.9 Å². The summed E-state index contributed by atoms with van der Waals surface area (Å²) in [6, 6.07) is 2.01. The van der Waals surface area contributed by atoms with Crippen molar-refractivity contribution in [1.29, 1.82) is 0 Å². The van der Waals surface area contributed by atoms with Gasteiger partial charge in [-0.1, -0.05) is 19.3 Å². The summed E-state index contributed by atoms with van der Waals surface area (Å²) in [5.74, 6) is 0.549. The highest BCUT2D eigenvalue weighted by Crippen LogP contribution is 2.33. The predicted octanol–water partition coefficient (Wildman–Crippen LogP) is 4.65. The molecule has 0 radical (unpaired) electrons. The number of halogens is 1. The Labute approximate surface area is 144 Å². The number of ketones is 1. The lowest BCUT2D eigenvalue weighted by molar-refractivity contribution is -0.126. The number of carbonyl (C=O) groups is 2. The van der Waals surface area contributed by atoms with Crippen LogP contribution in [0.25, 0.3) is 0 Å². The van der Waals surface area contributed by atoms with Crippen molar-refractivity contribution in [3.05, 3.63) is 20.8 Å². The fourth-order valence-corrected chi connectivity index (χ4v) is 4.94. The van der Waals surface area contributed by atoms with E-state index in [1.165, 1.54) is 0 Å². The summed E-state index contributed by atoms with van der Waals surface area (Å²) in [6.45, 7) is 0.792. The van der Waals surface area contributed by atoms with E-state index in [0.29, 0.717) is 12.2 Å². The molecule has 1 saturated carbocycles. The van der Waals surface area contributed by atoms with Crippen LogP contribution in [0.4, 0.5) is 0 Å². The van der Waals surface area contributed by atoms with Crippen molar-refractivity contribution in [2.75, 3.05) is 6.54 Å². The Hall–Kier alpha value is -0.680. The molecule has 1 aliphatic carbocycles. The standard InChI is InChI=1S/C17H22BrNO2S/c18-16-10-12(11-22-16)17(21)19-9-5-1-2-7-14(19)13-6-3-4-8-15(13)20/h10-11,13-14H,1-9H2/t13-,14-/m0/s1. The SMILES string of the molecule is O=C1CCCC[C@H]1[C@@H]1CCCCCN1C(=O)c1csc(Br)c1. The van der Waals surface area contributed by atoms with E-state index < -0.39 is 0 Å². The number of carbonyl (C=O) groups excluding carboxylic acids is 2. The van der Waals surface area contributed by atoms with E-state index in [1.807, 2.05) is 16.3 Å². The van der Waals surface area contributed by atoms with Crippen molar-refractivity contribution in [3.63, 3.8) is 0 Å². The van der Waals surface area contributed by atoms with E-state index in [4.69, 9.17) is 0 Å². The number of Topliss-reactive ketones (excluding diaryl/α,β-unsaturated/α-hetero) is 1. The Morgan fingerprint density at radius 3 is 2.73 bits per heavy atom. The molecule has 0 spiro atoms. The zero-order chi connectivity index (χ0) is 15.5. The lowest BCUT2D eigenvalue weighted by Crippen LogP contribution is -2.47. The number of rotatable bonds is 2. The third-order valence-corrected chi connectivity index (χ3v) is 6.45. The van der Waals surface area contributed by atoms with Gasteiger partial charge in [0.25, 0.3) is 5.91 Å². The summed E-state index contributed by atoms with van der Waals surface area (Å²) >= 11 is 4.98. The van der Waals surface area contributed by atoms with Gasteiger partial charge in [0.2, 0.25) is 0 Å². The highest BCUT2D eigenvalue weighted by Gasteiger charge is 2.37. The molecule has 1 amide bonds. The van der Waals surface area contributed by atoms with Crippen molar-refractivity contribution in [2.24, 2.45) is 5.92 Å². The molecule has 1 saturated heterocycles. The first kappa shape index (κ1) is 16.2. The molecule has 1 aromatic heterocycles. The highest BCUT2D eigenvalue weighted by atomic mass is 79.9. The number of hydrogen-bond donors (Lipinski definition) is 0. The van der Waals surface area contributed by atoms with Crippen LogP contribution in [0.1, 0.15) is 61.7 Å². The van der Waals surface area contributed by atoms with Crippen LogP contribution < -0.4 is 0 Å². The number of nitrogens with zero attached hydrogens (tertiary/aromatic N) is 1. The van der Waals surface area contributed by atoms with Crippen LogP contribution in [-0.2, 0) is 4.79 Å². The first-order valence-corrected chi connectivity index (χ1v) is 9.92. The number of thiophene rings is 1. The lowest BCUT2D eigenvalue weighted by Gasteiger charge is -2.37. The normalized spacial score (nSPS) is 26.8. The second kappa shape index (κ2) is 7.26. The molecule has 1 aromatic rings. The van der Waals surface area contributed by atoms with Gasteiger partial charge in [-0.05, 0) is 47.7 Å². The Bertz CT molecular complexity index is 557. The van der Waals surface area contributed by atoms with Gasteiger partial charge in [-0.15, -0.1) is 11.3 Å². The first-order chi connectivity index (χ1) is 10.7. The molecular formula is C17H22BrNO2S. The first-order valence-electron chi connectivity index (χ1n) is 8.24. The maximum atomic E-state index is 12.9. The van der Waals surface area contributed by atoms with Crippen molar-refractivity contribution in [2.45, 2.75) is 57.4 Å². The van der Waals surface area contributed by atoms with E-state index in [-0.39, 0.29) is 17.9 Å². The molecule has 2 fully saturated rings. The Morgan fingerprint density at radius 2 is 2.00 bits per heavy atom. The zero-order valence-corrected chi connectivity index (χ0v) is 15.1. The van der Waals surface area contributed by atoms with Crippen molar-refractivity contribution in [3.8, 4) is 0 Å². The van der Waals surface area contributed by atoms with Gasteiger partial charge in [0.15, 0.2) is 0 Å². The van der Waals surface area contributed by atoms with E-state index in [9.17, 15) is 9.59 Å². The lowest BCUT2D eigenvalue weighted by atomic mass is 9.80. The number of amides is 1. The second-order valence-electron chi connectivity index (χ2n) is 6.37. The van der Waals surface area contributed by atoms with Crippen LogP contribution in [-0.4, -0.2) is 29.2 Å². The molecule has 22 heavy (non-hydrogen) atoms. The summed E-state index contributed by atoms with van der Waals surface area (Å²) in [4.78, 5) is 27.3. The van der Waals surface area contributed by atoms with E-state index in [1.54, 1.807) is 11.3 Å². The Kier molecular flexibility index (Phi) is 5.34. The van der Waals surface area contributed by atoms with Crippen molar-refractivity contribution in [1.82, 2.24) is 4.90 Å². The van der Waals surface area contributed by atoms with Crippen LogP contribution in [0.3, 0.4) is 0 Å². The highest BCUT2D eigenvalue weighted by molar-refractivity contribution is 9.11. The molecule has 2 heterocycles. The molecule has 120 valence electrons. The molecule has 5 heteroatoms. The minimum Gasteiger partial charge on any atom is -0.335 e. The molecule has 0 N–H and O–H groups in total. The van der Waals surface area contributed by atoms with Gasteiger partial charge in [-0.2, -0.15) is 0 Å². The van der Waals surface area contributed by atoms with Gasteiger partial charge >= 0.3 is 0 Å². The quantitative estimate of drug-likeness (QED) is 0.744. The second-order valence-corrected chi connectivity index (χ2v) is 8.66. The predicted molar refractivity (Wildman–Crippen MR) is 92.3 cm³/mol. The van der Waals surface area contributed by atoms with Gasteiger partial charge in [0, 0.05) is 30.3 Å². The van der Waals surface area contributed by atoms with Gasteiger partial charge in [-0.25, -0.2) is 0 Å². The van der Waals surface area contributed by atoms with Crippen molar-refractivity contribution < 1.29 is 9.59 Å². The number of likely N-dealkylation sites (tertiary alicyclic amines) is 1. The zero-order valence-electron chi connectivity index (χ0n) is 12.7. The van der Waals surface area contributed by atoms with Gasteiger partial charge < -0.3 is 4.90 Å². The van der Waals surface area contributed by atoms with Crippen LogP contribution in [0.2, 0.25) is 0 Å². The smallest absolute Gasteiger partial charge is 0.255 e. The average molecular weight is 384 g/mol. The molecule has 2 aliphatic rings. The van der Waals surface area contributed by atoms with Crippen LogP contribution in [0.15, 0.2) is 15.2 Å². The number of hydrogen-bond acceptors (Lipinski definition) is 3. The summed E-state index contributed by atoms with van der Waals surface area (Å²) in [7, 11) is 0. The Morgan fingerprint density at radius 1 is 1.18 bits per heavy atom. The maximum Gasteiger partial charge on any atom is 0.255 e. The molecular weight excluding hydrogens is 362 g/mol. The van der Waals surface area contributed by atoms with E-state index in [0.717, 1.165) is 60.8 Å². The summed E-state index contributed by atoms with van der Waals surface area (Å²) in [5.41, 5.74) is 0.757. The summed E-state index contributed by atoms with van der Waals surface area (Å²) in [6.07, 6.45) is 8.13. The van der Waals surface area contributed by atoms with Crippen LogP contribution in [0, 0.1) is 5.92 Å². The maximum absolute atomic E-state index is 12.9. The summed E-state index contributed by atoms with van der Waals surface area (Å²) in [5, 5.41) is 1.91. The fourth-order valence-electron chi connectivity index (χ4n) is 3.81. The van der Waals surface area contributed by atoms with Gasteiger partial charge in [0.1, 0.15) is 5.78 Å². The minimum absolute atomic E-state index is 0.0675. The molecule has 0 aromatic carbocycles. The topological polar surface area (TPSA) is 37.4 Å². The average Bonchev–Trinajstić information content (AvgIpc) is 2.81. The van der Waals surface area contributed by atoms with Gasteiger partial charge in [-0.3, -0.25) is 9.59 Å². The van der Waals surface area contributed by atoms with Gasteiger partial charge in [0.05, 0.1) is 9.35 Å². The molecule has 3 nitrogen and oxygen atoms in total. The summed E-state index contributed by atoms with van der Waals surface area (Å²) < 4.78 is 0.982. The third kappa shape index (κ3) is 3.46. The molecule has 3 rings (SSSR count). The van der Waals surface area contributed by atoms with Crippen molar-refractivity contribution >= 4 is 39.0 Å². The van der Waals surface area contributed by atoms with Crippen LogP contribution >= 0.6 is 27.3 Å². The third-order valence-electron chi connectivity index (χ3n) is 4.94. The molecule has 2 atom stereocenters. The Balaban J connectivity index is 1.84. The molecule has 0 unspecified atom stereocenters.